The molecule has 4 N–H and O–H groups in total. The molecule has 2 atom stereocenters. The minimum atomic E-state index is -0.178. The Morgan fingerprint density at radius 1 is 1.59 bits per heavy atom. The highest BCUT2D eigenvalue weighted by molar-refractivity contribution is 7.19. The van der Waals surface area contributed by atoms with Crippen molar-refractivity contribution in [3.63, 3.8) is 0 Å². The minimum absolute atomic E-state index is 0.178. The maximum Gasteiger partial charge on any atom is 0.263 e. The number of hydrogen-bond donors (Lipinski definition) is 3. The number of nitrogen functional groups attached to an aromatic ring is 1. The van der Waals surface area contributed by atoms with Crippen molar-refractivity contribution in [3.8, 4) is 5.75 Å². The van der Waals surface area contributed by atoms with Crippen molar-refractivity contribution in [3.05, 3.63) is 4.88 Å². The molecule has 0 radical (unpaired) electrons. The molecular weight excluding hydrogens is 238 g/mol. The molecule has 0 aromatic carbocycles. The molecule has 1 saturated carbocycles. The highest BCUT2D eigenvalue weighted by Gasteiger charge is 2.34. The first-order chi connectivity index (χ1) is 8.08. The molecule has 1 fully saturated rings. The number of hydrogen-bond acceptors (Lipinski definition) is 5. The second kappa shape index (κ2) is 4.44. The normalized spacial score (nSPS) is 22.1. The van der Waals surface area contributed by atoms with E-state index in [-0.39, 0.29) is 5.91 Å². The van der Waals surface area contributed by atoms with Crippen LogP contribution in [0.1, 0.15) is 23.0 Å². The first kappa shape index (κ1) is 12.0. The Labute approximate surface area is 104 Å². The molecule has 1 heterocycles. The van der Waals surface area contributed by atoms with E-state index in [2.05, 4.69) is 17.6 Å². The summed E-state index contributed by atoms with van der Waals surface area (Å²) in [5, 5.41) is 6.78. The lowest BCUT2D eigenvalue weighted by Gasteiger charge is -2.05. The van der Waals surface area contributed by atoms with Crippen LogP contribution in [0.25, 0.3) is 0 Å². The van der Waals surface area contributed by atoms with E-state index >= 15 is 0 Å². The molecule has 0 bridgehead atoms. The van der Waals surface area contributed by atoms with Gasteiger partial charge in [0, 0.05) is 13.1 Å². The summed E-state index contributed by atoms with van der Waals surface area (Å²) >= 11 is 1.34. The monoisotopic (exact) mass is 255 g/mol. The fourth-order valence-electron chi connectivity index (χ4n) is 1.70. The maximum absolute atomic E-state index is 11.6. The maximum atomic E-state index is 11.6. The Morgan fingerprint density at radius 2 is 2.24 bits per heavy atom. The number of ether oxygens (including phenoxy) is 1. The third kappa shape index (κ3) is 2.17. The van der Waals surface area contributed by atoms with Crippen molar-refractivity contribution in [1.29, 1.82) is 0 Å². The van der Waals surface area contributed by atoms with Crippen molar-refractivity contribution >= 4 is 27.9 Å². The first-order valence-corrected chi connectivity index (χ1v) is 6.35. The van der Waals surface area contributed by atoms with Crippen LogP contribution in [0.5, 0.6) is 5.75 Å². The molecule has 1 aliphatic carbocycles. The standard InChI is InChI=1S/C11H17N3O2S/c1-5-4-6(5)14-11-8(16-3)7(12)9(17-11)10(15)13-2/h5-6,14H,4,12H2,1-3H3,(H,13,15). The highest BCUT2D eigenvalue weighted by Crippen LogP contribution is 2.45. The van der Waals surface area contributed by atoms with Gasteiger partial charge in [-0.05, 0) is 12.3 Å². The van der Waals surface area contributed by atoms with Crippen molar-refractivity contribution in [2.75, 3.05) is 25.2 Å². The number of methoxy groups -OCH3 is 1. The molecule has 1 aromatic heterocycles. The summed E-state index contributed by atoms with van der Waals surface area (Å²) in [7, 11) is 3.15. The van der Waals surface area contributed by atoms with Gasteiger partial charge in [0.25, 0.3) is 5.91 Å². The van der Waals surface area contributed by atoms with Crippen LogP contribution < -0.4 is 21.1 Å². The molecule has 6 heteroatoms. The summed E-state index contributed by atoms with van der Waals surface area (Å²) in [5.41, 5.74) is 6.32. The number of carbonyl (C=O) groups is 1. The zero-order valence-electron chi connectivity index (χ0n) is 10.2. The van der Waals surface area contributed by atoms with E-state index in [1.807, 2.05) is 0 Å². The van der Waals surface area contributed by atoms with Gasteiger partial charge in [-0.3, -0.25) is 4.79 Å². The van der Waals surface area contributed by atoms with Crippen molar-refractivity contribution < 1.29 is 9.53 Å². The molecule has 17 heavy (non-hydrogen) atoms. The summed E-state index contributed by atoms with van der Waals surface area (Å²) < 4.78 is 5.26. The van der Waals surface area contributed by atoms with Gasteiger partial charge in [-0.1, -0.05) is 6.92 Å². The molecule has 0 aliphatic heterocycles. The lowest BCUT2D eigenvalue weighted by Crippen LogP contribution is -2.17. The van der Waals surface area contributed by atoms with Crippen LogP contribution in [-0.2, 0) is 0 Å². The summed E-state index contributed by atoms with van der Waals surface area (Å²) in [5.74, 6) is 1.07. The van der Waals surface area contributed by atoms with E-state index in [1.165, 1.54) is 11.3 Å². The molecule has 1 aliphatic rings. The van der Waals surface area contributed by atoms with E-state index in [0.717, 1.165) is 11.4 Å². The van der Waals surface area contributed by atoms with Gasteiger partial charge in [-0.2, -0.15) is 0 Å². The lowest BCUT2D eigenvalue weighted by atomic mass is 10.3. The van der Waals surface area contributed by atoms with Crippen LogP contribution in [0.2, 0.25) is 0 Å². The fourth-order valence-corrected chi connectivity index (χ4v) is 2.80. The van der Waals surface area contributed by atoms with Crippen LogP contribution in [0.4, 0.5) is 10.7 Å². The van der Waals surface area contributed by atoms with Gasteiger partial charge in [-0.25, -0.2) is 0 Å². The Bertz CT molecular complexity index is 444. The number of amides is 1. The van der Waals surface area contributed by atoms with Crippen LogP contribution in [0, 0.1) is 5.92 Å². The van der Waals surface area contributed by atoms with Crippen molar-refractivity contribution in [1.82, 2.24) is 5.32 Å². The van der Waals surface area contributed by atoms with Gasteiger partial charge < -0.3 is 21.1 Å². The van der Waals surface area contributed by atoms with E-state index < -0.39 is 0 Å². The fraction of sp³-hybridized carbons (Fsp3) is 0.545. The highest BCUT2D eigenvalue weighted by atomic mass is 32.1. The van der Waals surface area contributed by atoms with Gasteiger partial charge in [0.05, 0.1) is 7.11 Å². The number of anilines is 2. The number of rotatable bonds is 4. The summed E-state index contributed by atoms with van der Waals surface area (Å²) in [6.45, 7) is 2.18. The van der Waals surface area contributed by atoms with Gasteiger partial charge in [0.15, 0.2) is 5.75 Å². The first-order valence-electron chi connectivity index (χ1n) is 5.53. The number of thiophene rings is 1. The zero-order chi connectivity index (χ0) is 12.6. The summed E-state index contributed by atoms with van der Waals surface area (Å²) in [6.07, 6.45) is 1.15. The summed E-state index contributed by atoms with van der Waals surface area (Å²) in [6, 6.07) is 0.472. The smallest absolute Gasteiger partial charge is 0.263 e. The minimum Gasteiger partial charge on any atom is -0.492 e. The Morgan fingerprint density at radius 3 is 2.71 bits per heavy atom. The molecule has 94 valence electrons. The summed E-state index contributed by atoms with van der Waals surface area (Å²) in [4.78, 5) is 12.1. The predicted octanol–water partition coefficient (Wildman–Crippen LogP) is 1.52. The van der Waals surface area contributed by atoms with Crippen LogP contribution in [-0.4, -0.2) is 26.1 Å². The molecule has 1 aromatic rings. The van der Waals surface area contributed by atoms with Crippen LogP contribution in [0.3, 0.4) is 0 Å². The quantitative estimate of drug-likeness (QED) is 0.762. The Hall–Kier alpha value is -1.43. The van der Waals surface area contributed by atoms with Crippen LogP contribution >= 0.6 is 11.3 Å². The number of nitrogens with two attached hydrogens (primary N) is 1. The van der Waals surface area contributed by atoms with Gasteiger partial charge in [0.2, 0.25) is 0 Å². The molecule has 2 unspecified atom stereocenters. The molecule has 1 amide bonds. The van der Waals surface area contributed by atoms with Crippen molar-refractivity contribution in [2.24, 2.45) is 5.92 Å². The third-order valence-corrected chi connectivity index (χ3v) is 4.08. The SMILES string of the molecule is CNC(=O)c1sc(NC2CC2C)c(OC)c1N. The lowest BCUT2D eigenvalue weighted by molar-refractivity contribution is 0.0967. The molecule has 2 rings (SSSR count). The Balaban J connectivity index is 2.27. The second-order valence-electron chi connectivity index (χ2n) is 4.25. The third-order valence-electron chi connectivity index (χ3n) is 2.96. The van der Waals surface area contributed by atoms with E-state index in [1.54, 1.807) is 14.2 Å². The molecule has 5 nitrogen and oxygen atoms in total. The largest absolute Gasteiger partial charge is 0.492 e. The van der Waals surface area contributed by atoms with Crippen molar-refractivity contribution in [2.45, 2.75) is 19.4 Å². The molecular formula is C11H17N3O2S. The second-order valence-corrected chi connectivity index (χ2v) is 5.27. The Kier molecular flexibility index (Phi) is 3.15. The van der Waals surface area contributed by atoms with E-state index in [4.69, 9.17) is 10.5 Å². The average Bonchev–Trinajstić information content (AvgIpc) is 2.90. The molecule has 0 spiro atoms. The molecule has 0 saturated heterocycles. The average molecular weight is 255 g/mol. The predicted molar refractivity (Wildman–Crippen MR) is 69.9 cm³/mol. The van der Waals surface area contributed by atoms with Gasteiger partial charge in [0.1, 0.15) is 15.6 Å². The van der Waals surface area contributed by atoms with Gasteiger partial charge >= 0.3 is 0 Å². The number of nitrogens with one attached hydrogen (secondary N) is 2. The zero-order valence-corrected chi connectivity index (χ0v) is 11.0. The van der Waals surface area contributed by atoms with E-state index in [0.29, 0.717) is 28.3 Å². The van der Waals surface area contributed by atoms with Gasteiger partial charge in [-0.15, -0.1) is 11.3 Å². The van der Waals surface area contributed by atoms with E-state index in [9.17, 15) is 4.79 Å². The van der Waals surface area contributed by atoms with Crippen LogP contribution in [0.15, 0.2) is 0 Å². The topological polar surface area (TPSA) is 76.4 Å². The number of carbonyl (C=O) groups excluding carboxylic acids is 1.